The fourth-order valence-corrected chi connectivity index (χ4v) is 2.84. The minimum absolute atomic E-state index is 0.0377. The molecule has 0 bridgehead atoms. The summed E-state index contributed by atoms with van der Waals surface area (Å²) in [6, 6.07) is 11.4. The van der Waals surface area contributed by atoms with E-state index >= 15 is 0 Å². The van der Waals surface area contributed by atoms with E-state index < -0.39 is 0 Å². The molecule has 0 radical (unpaired) electrons. The first-order valence-electron chi connectivity index (χ1n) is 8.04. The lowest BCUT2D eigenvalue weighted by molar-refractivity contribution is -0.116. The second-order valence-electron chi connectivity index (χ2n) is 5.71. The Hall–Kier alpha value is -3.55. The predicted octanol–water partition coefficient (Wildman–Crippen LogP) is 2.87. The van der Waals surface area contributed by atoms with Gasteiger partial charge < -0.3 is 19.8 Å². The number of hydrogen-bond donors (Lipinski definition) is 2. The molecule has 0 unspecified atom stereocenters. The van der Waals surface area contributed by atoms with Crippen LogP contribution >= 0.6 is 0 Å². The molecular formula is C18H17N5O3. The molecule has 26 heavy (non-hydrogen) atoms. The van der Waals surface area contributed by atoms with Crippen molar-refractivity contribution in [2.45, 2.75) is 6.54 Å². The van der Waals surface area contributed by atoms with Crippen LogP contribution < -0.4 is 15.4 Å². The quantitative estimate of drug-likeness (QED) is 0.574. The van der Waals surface area contributed by atoms with Crippen molar-refractivity contribution in [2.75, 3.05) is 24.8 Å². The second-order valence-corrected chi connectivity index (χ2v) is 5.71. The smallest absolute Gasteiger partial charge is 0.246 e. The van der Waals surface area contributed by atoms with E-state index in [2.05, 4.69) is 20.7 Å². The van der Waals surface area contributed by atoms with Gasteiger partial charge >= 0.3 is 0 Å². The number of amides is 1. The van der Waals surface area contributed by atoms with Gasteiger partial charge in [0.25, 0.3) is 0 Å². The molecule has 0 saturated heterocycles. The number of anilines is 2. The molecule has 0 saturated carbocycles. The summed E-state index contributed by atoms with van der Waals surface area (Å²) in [5.41, 5.74) is 2.01. The number of ether oxygens (including phenoxy) is 1. The van der Waals surface area contributed by atoms with Crippen molar-refractivity contribution in [3.05, 3.63) is 42.7 Å². The number of carbonyl (C=O) groups excluding carboxylic acids is 1. The Kier molecular flexibility index (Phi) is 3.92. The third-order valence-electron chi connectivity index (χ3n) is 4.04. The highest BCUT2D eigenvalue weighted by atomic mass is 16.5. The number of para-hydroxylation sites is 1. The van der Waals surface area contributed by atoms with E-state index in [1.54, 1.807) is 20.2 Å². The first kappa shape index (κ1) is 15.9. The van der Waals surface area contributed by atoms with E-state index in [-0.39, 0.29) is 12.5 Å². The molecule has 2 aromatic heterocycles. The summed E-state index contributed by atoms with van der Waals surface area (Å²) in [5.74, 6) is 0.775. The first-order chi connectivity index (χ1) is 12.7. The van der Waals surface area contributed by atoms with Gasteiger partial charge in [-0.05, 0) is 12.1 Å². The SMILES string of the molecule is CNc1ncn(CC(=O)Nc2cc3oc4ccccc4c3cc2OC)n1. The minimum atomic E-state index is -0.244. The number of carbonyl (C=O) groups is 1. The second kappa shape index (κ2) is 6.40. The van der Waals surface area contributed by atoms with E-state index in [9.17, 15) is 4.79 Å². The van der Waals surface area contributed by atoms with Crippen LogP contribution in [-0.4, -0.2) is 34.8 Å². The van der Waals surface area contributed by atoms with Crippen molar-refractivity contribution < 1.29 is 13.9 Å². The fraction of sp³-hybridized carbons (Fsp3) is 0.167. The number of rotatable bonds is 5. The van der Waals surface area contributed by atoms with E-state index in [0.717, 1.165) is 16.4 Å². The van der Waals surface area contributed by atoms with Crippen molar-refractivity contribution in [1.29, 1.82) is 0 Å². The highest BCUT2D eigenvalue weighted by Crippen LogP contribution is 2.36. The lowest BCUT2D eigenvalue weighted by Crippen LogP contribution is -2.19. The topological polar surface area (TPSA) is 94.2 Å². The number of benzene rings is 2. The summed E-state index contributed by atoms with van der Waals surface area (Å²) >= 11 is 0. The molecular weight excluding hydrogens is 334 g/mol. The first-order valence-corrected chi connectivity index (χ1v) is 8.04. The summed E-state index contributed by atoms with van der Waals surface area (Å²) in [6.07, 6.45) is 1.49. The zero-order valence-corrected chi connectivity index (χ0v) is 14.3. The molecule has 0 atom stereocenters. The molecule has 1 amide bonds. The Morgan fingerprint density at radius 2 is 2.08 bits per heavy atom. The number of nitrogens with one attached hydrogen (secondary N) is 2. The number of nitrogens with zero attached hydrogens (tertiary/aromatic N) is 3. The summed E-state index contributed by atoms with van der Waals surface area (Å²) in [7, 11) is 3.28. The van der Waals surface area contributed by atoms with Crippen molar-refractivity contribution >= 4 is 39.5 Å². The number of methoxy groups -OCH3 is 1. The van der Waals surface area contributed by atoms with Gasteiger partial charge in [0.15, 0.2) is 0 Å². The van der Waals surface area contributed by atoms with Gasteiger partial charge in [-0.25, -0.2) is 9.67 Å². The van der Waals surface area contributed by atoms with Crippen molar-refractivity contribution in [1.82, 2.24) is 14.8 Å². The Morgan fingerprint density at radius 3 is 2.85 bits per heavy atom. The van der Waals surface area contributed by atoms with Crippen LogP contribution in [0.5, 0.6) is 5.75 Å². The zero-order valence-electron chi connectivity index (χ0n) is 14.3. The third-order valence-corrected chi connectivity index (χ3v) is 4.04. The predicted molar refractivity (Wildman–Crippen MR) is 98.5 cm³/mol. The highest BCUT2D eigenvalue weighted by Gasteiger charge is 2.14. The number of fused-ring (bicyclic) bond motifs is 3. The van der Waals surface area contributed by atoms with E-state index in [1.807, 2.05) is 30.3 Å². The molecule has 0 spiro atoms. The third kappa shape index (κ3) is 2.81. The Morgan fingerprint density at radius 1 is 1.23 bits per heavy atom. The average molecular weight is 351 g/mol. The van der Waals surface area contributed by atoms with Crippen molar-refractivity contribution in [2.24, 2.45) is 0 Å². The van der Waals surface area contributed by atoms with Crippen LogP contribution in [0, 0.1) is 0 Å². The molecule has 0 aliphatic carbocycles. The summed E-state index contributed by atoms with van der Waals surface area (Å²) in [5, 5.41) is 11.7. The maximum atomic E-state index is 12.3. The van der Waals surface area contributed by atoms with Gasteiger partial charge in [0.05, 0.1) is 12.8 Å². The average Bonchev–Trinajstić information content (AvgIpc) is 3.24. The van der Waals surface area contributed by atoms with E-state index in [4.69, 9.17) is 9.15 Å². The monoisotopic (exact) mass is 351 g/mol. The maximum Gasteiger partial charge on any atom is 0.246 e. The lowest BCUT2D eigenvalue weighted by atomic mass is 10.1. The standard InChI is InChI=1S/C18H17N5O3/c1-19-18-20-10-23(22-18)9-17(24)21-13-8-15-12(7-16(13)25-2)11-5-3-4-6-14(11)26-15/h3-8,10H,9H2,1-2H3,(H,19,22)(H,21,24). The van der Waals surface area contributed by atoms with Gasteiger partial charge in [-0.15, -0.1) is 5.10 Å². The van der Waals surface area contributed by atoms with Gasteiger partial charge in [-0.2, -0.15) is 0 Å². The van der Waals surface area contributed by atoms with Gasteiger partial charge in [-0.1, -0.05) is 18.2 Å². The maximum absolute atomic E-state index is 12.3. The largest absolute Gasteiger partial charge is 0.495 e. The number of hydrogen-bond acceptors (Lipinski definition) is 6. The van der Waals surface area contributed by atoms with E-state index in [1.165, 1.54) is 11.0 Å². The minimum Gasteiger partial charge on any atom is -0.495 e. The van der Waals surface area contributed by atoms with Gasteiger partial charge in [0.1, 0.15) is 29.8 Å². The molecule has 8 heteroatoms. The van der Waals surface area contributed by atoms with Crippen LogP contribution in [0.1, 0.15) is 0 Å². The molecule has 4 rings (SSSR count). The molecule has 132 valence electrons. The lowest BCUT2D eigenvalue weighted by Gasteiger charge is -2.10. The van der Waals surface area contributed by atoms with Crippen molar-refractivity contribution in [3.8, 4) is 5.75 Å². The summed E-state index contributed by atoms with van der Waals surface area (Å²) < 4.78 is 12.8. The van der Waals surface area contributed by atoms with Crippen LogP contribution in [0.3, 0.4) is 0 Å². The van der Waals surface area contributed by atoms with Gasteiger partial charge in [-0.3, -0.25) is 4.79 Å². The number of aromatic nitrogens is 3. The van der Waals surface area contributed by atoms with Crippen molar-refractivity contribution in [3.63, 3.8) is 0 Å². The molecule has 2 N–H and O–H groups in total. The van der Waals surface area contributed by atoms with Gasteiger partial charge in [0, 0.05) is 23.9 Å². The molecule has 0 aliphatic rings. The van der Waals surface area contributed by atoms with Crippen LogP contribution in [0.4, 0.5) is 11.6 Å². The Labute approximate surface area is 148 Å². The highest BCUT2D eigenvalue weighted by molar-refractivity contribution is 6.07. The Balaban J connectivity index is 1.64. The normalized spacial score (nSPS) is 11.0. The fourth-order valence-electron chi connectivity index (χ4n) is 2.84. The summed E-state index contributed by atoms with van der Waals surface area (Å²) in [4.78, 5) is 16.4. The summed E-state index contributed by atoms with van der Waals surface area (Å²) in [6.45, 7) is 0.0377. The Bertz CT molecular complexity index is 1100. The molecule has 2 heterocycles. The van der Waals surface area contributed by atoms with Crippen LogP contribution in [0.15, 0.2) is 47.1 Å². The molecule has 0 fully saturated rings. The van der Waals surface area contributed by atoms with Gasteiger partial charge in [0.2, 0.25) is 11.9 Å². The molecule has 2 aromatic carbocycles. The molecule has 4 aromatic rings. The molecule has 8 nitrogen and oxygen atoms in total. The molecule has 0 aliphatic heterocycles. The zero-order chi connectivity index (χ0) is 18.1. The number of furan rings is 1. The van der Waals surface area contributed by atoms with Crippen LogP contribution in [-0.2, 0) is 11.3 Å². The van der Waals surface area contributed by atoms with Crippen LogP contribution in [0.2, 0.25) is 0 Å². The van der Waals surface area contributed by atoms with E-state index in [0.29, 0.717) is 23.0 Å². The van der Waals surface area contributed by atoms with Crippen LogP contribution in [0.25, 0.3) is 21.9 Å².